The molecule has 7 nitrogen and oxygen atoms in total. The number of Topliss-reactive ketones (excluding diaryl/α,β-unsaturated/α-hetero) is 2. The van der Waals surface area contributed by atoms with E-state index in [1.807, 2.05) is 0 Å². The minimum absolute atomic E-state index is 0.0143. The van der Waals surface area contributed by atoms with Crippen molar-refractivity contribution >= 4 is 38.1 Å². The first-order valence-electron chi connectivity index (χ1n) is 9.54. The van der Waals surface area contributed by atoms with Crippen molar-refractivity contribution in [2.45, 2.75) is 38.5 Å². The fraction of sp³-hybridized carbons (Fsp3) is 0.450. The average Bonchev–Trinajstić information content (AvgIpc) is 3.07. The number of carbonyl (C=O) groups excluding carboxylic acids is 2. The third kappa shape index (κ3) is 4.91. The summed E-state index contributed by atoms with van der Waals surface area (Å²) in [6.45, 7) is 6.44. The molecule has 0 aliphatic carbocycles. The van der Waals surface area contributed by atoms with Gasteiger partial charge in [0.15, 0.2) is 16.7 Å². The molecule has 0 saturated carbocycles. The molecule has 0 radical (unpaired) electrons. The molecule has 156 valence electrons. The lowest BCUT2D eigenvalue weighted by atomic mass is 10.0. The smallest absolute Gasteiger partial charge is 0.243 e. The van der Waals surface area contributed by atoms with E-state index in [0.29, 0.717) is 40.3 Å². The summed E-state index contributed by atoms with van der Waals surface area (Å²) in [5.41, 5.74) is 1.06. The van der Waals surface area contributed by atoms with Crippen LogP contribution in [0.15, 0.2) is 29.2 Å². The number of aryl methyl sites for hydroxylation is 1. The molecular weight excluding hydrogens is 410 g/mol. The van der Waals surface area contributed by atoms with E-state index < -0.39 is 10.0 Å². The second kappa shape index (κ2) is 8.73. The second-order valence-electron chi connectivity index (χ2n) is 7.38. The maximum absolute atomic E-state index is 12.8. The lowest BCUT2D eigenvalue weighted by Gasteiger charge is -2.29. The monoisotopic (exact) mass is 435 g/mol. The summed E-state index contributed by atoms with van der Waals surface area (Å²) >= 11 is 1.22. The molecule has 1 fully saturated rings. The summed E-state index contributed by atoms with van der Waals surface area (Å²) in [7, 11) is -3.53. The number of thiazole rings is 1. The van der Waals surface area contributed by atoms with Crippen molar-refractivity contribution in [3.8, 4) is 0 Å². The Morgan fingerprint density at radius 2 is 1.83 bits per heavy atom. The molecule has 0 bridgehead atoms. The summed E-state index contributed by atoms with van der Waals surface area (Å²) in [5, 5.41) is 3.45. The number of rotatable bonds is 7. The number of anilines is 1. The van der Waals surface area contributed by atoms with Crippen LogP contribution in [0.5, 0.6) is 0 Å². The SMILES string of the molecule is CC(=O)c1sc(NCC(=O)c2ccc(S(=O)(=O)N3CCC(C)CC3)cc2)nc1C. The van der Waals surface area contributed by atoms with Crippen LogP contribution in [0.1, 0.15) is 52.4 Å². The minimum Gasteiger partial charge on any atom is -0.354 e. The Hall–Kier alpha value is -2.10. The van der Waals surface area contributed by atoms with Gasteiger partial charge >= 0.3 is 0 Å². The number of nitrogens with one attached hydrogen (secondary N) is 1. The van der Waals surface area contributed by atoms with Gasteiger partial charge in [0.2, 0.25) is 10.0 Å². The van der Waals surface area contributed by atoms with Crippen molar-refractivity contribution in [2.75, 3.05) is 25.0 Å². The van der Waals surface area contributed by atoms with E-state index in [1.165, 1.54) is 46.8 Å². The van der Waals surface area contributed by atoms with Crippen LogP contribution in [0.4, 0.5) is 5.13 Å². The van der Waals surface area contributed by atoms with Crippen molar-refractivity contribution < 1.29 is 18.0 Å². The Labute approximate surface area is 175 Å². The maximum atomic E-state index is 12.8. The molecule has 1 aromatic carbocycles. The summed E-state index contributed by atoms with van der Waals surface area (Å²) < 4.78 is 27.1. The molecule has 1 aliphatic heterocycles. The van der Waals surface area contributed by atoms with E-state index in [0.717, 1.165) is 12.8 Å². The summed E-state index contributed by atoms with van der Waals surface area (Å²) in [4.78, 5) is 29.0. The van der Waals surface area contributed by atoms with E-state index in [1.54, 1.807) is 6.92 Å². The molecule has 1 aliphatic rings. The van der Waals surface area contributed by atoms with Crippen LogP contribution < -0.4 is 5.32 Å². The largest absolute Gasteiger partial charge is 0.354 e. The standard InChI is InChI=1S/C20H25N3O4S2/c1-13-8-10-23(11-9-13)29(26,27)17-6-4-16(5-7-17)18(25)12-21-20-22-14(2)19(28-20)15(3)24/h4-7,13H,8-12H2,1-3H3,(H,21,22). The van der Waals surface area contributed by atoms with E-state index in [4.69, 9.17) is 0 Å². The molecule has 3 rings (SSSR count). The Balaban J connectivity index is 1.64. The summed E-state index contributed by atoms with van der Waals surface area (Å²) in [6, 6.07) is 6.05. The molecule has 0 spiro atoms. The summed E-state index contributed by atoms with van der Waals surface area (Å²) in [5.74, 6) is 0.305. The fourth-order valence-electron chi connectivity index (χ4n) is 3.24. The number of hydrogen-bond acceptors (Lipinski definition) is 7. The van der Waals surface area contributed by atoms with Crippen LogP contribution in [0.2, 0.25) is 0 Å². The highest BCUT2D eigenvalue weighted by Gasteiger charge is 2.28. The minimum atomic E-state index is -3.53. The second-order valence-corrected chi connectivity index (χ2v) is 10.3. The number of hydrogen-bond donors (Lipinski definition) is 1. The number of nitrogens with zero attached hydrogens (tertiary/aromatic N) is 2. The predicted octanol–water partition coefficient (Wildman–Crippen LogP) is 3.37. The first-order valence-corrected chi connectivity index (χ1v) is 11.8. The van der Waals surface area contributed by atoms with Gasteiger partial charge in [-0.1, -0.05) is 18.3 Å². The predicted molar refractivity (Wildman–Crippen MR) is 113 cm³/mol. The highest BCUT2D eigenvalue weighted by atomic mass is 32.2. The molecule has 2 aromatic rings. The Kier molecular flexibility index (Phi) is 6.50. The van der Waals surface area contributed by atoms with Crippen LogP contribution >= 0.6 is 11.3 Å². The fourth-order valence-corrected chi connectivity index (χ4v) is 5.57. The topological polar surface area (TPSA) is 96.4 Å². The molecule has 1 aromatic heterocycles. The van der Waals surface area contributed by atoms with Crippen LogP contribution in [-0.2, 0) is 10.0 Å². The van der Waals surface area contributed by atoms with Crippen molar-refractivity contribution in [2.24, 2.45) is 5.92 Å². The van der Waals surface area contributed by atoms with Crippen molar-refractivity contribution in [3.63, 3.8) is 0 Å². The van der Waals surface area contributed by atoms with Crippen molar-refractivity contribution in [3.05, 3.63) is 40.4 Å². The van der Waals surface area contributed by atoms with Gasteiger partial charge in [0.05, 0.1) is 22.0 Å². The van der Waals surface area contributed by atoms with Gasteiger partial charge in [-0.15, -0.1) is 0 Å². The van der Waals surface area contributed by atoms with Gasteiger partial charge in [-0.3, -0.25) is 9.59 Å². The van der Waals surface area contributed by atoms with E-state index in [2.05, 4.69) is 17.2 Å². The number of aromatic nitrogens is 1. The molecule has 1 saturated heterocycles. The highest BCUT2D eigenvalue weighted by Crippen LogP contribution is 2.24. The Bertz CT molecular complexity index is 1000. The normalized spacial score (nSPS) is 16.0. The van der Waals surface area contributed by atoms with Gasteiger partial charge in [-0.05, 0) is 49.9 Å². The molecule has 9 heteroatoms. The van der Waals surface area contributed by atoms with Crippen LogP contribution in [0, 0.1) is 12.8 Å². The van der Waals surface area contributed by atoms with Crippen LogP contribution in [0.25, 0.3) is 0 Å². The molecule has 1 N–H and O–H groups in total. The van der Waals surface area contributed by atoms with E-state index in [9.17, 15) is 18.0 Å². The molecule has 0 amide bonds. The lowest BCUT2D eigenvalue weighted by Crippen LogP contribution is -2.37. The van der Waals surface area contributed by atoms with Crippen molar-refractivity contribution in [1.29, 1.82) is 0 Å². The zero-order valence-corrected chi connectivity index (χ0v) is 18.4. The quantitative estimate of drug-likeness (QED) is 0.670. The Morgan fingerprint density at radius 3 is 2.38 bits per heavy atom. The third-order valence-corrected chi connectivity index (χ3v) is 8.20. The maximum Gasteiger partial charge on any atom is 0.243 e. The van der Waals surface area contributed by atoms with E-state index in [-0.39, 0.29) is 23.0 Å². The number of piperidine rings is 1. The van der Waals surface area contributed by atoms with Gasteiger partial charge in [-0.2, -0.15) is 4.31 Å². The van der Waals surface area contributed by atoms with Gasteiger partial charge in [0.25, 0.3) is 0 Å². The first-order chi connectivity index (χ1) is 13.7. The average molecular weight is 436 g/mol. The highest BCUT2D eigenvalue weighted by molar-refractivity contribution is 7.89. The van der Waals surface area contributed by atoms with Crippen LogP contribution in [0.3, 0.4) is 0 Å². The Morgan fingerprint density at radius 1 is 1.21 bits per heavy atom. The zero-order chi connectivity index (χ0) is 21.2. The van der Waals surface area contributed by atoms with E-state index >= 15 is 0 Å². The molecule has 0 atom stereocenters. The molecule has 0 unspecified atom stereocenters. The summed E-state index contributed by atoms with van der Waals surface area (Å²) in [6.07, 6.45) is 1.73. The van der Waals surface area contributed by atoms with Gasteiger partial charge in [0.1, 0.15) is 0 Å². The third-order valence-electron chi connectivity index (χ3n) is 5.07. The van der Waals surface area contributed by atoms with Gasteiger partial charge < -0.3 is 5.32 Å². The number of carbonyl (C=O) groups is 2. The number of sulfonamides is 1. The number of benzene rings is 1. The lowest BCUT2D eigenvalue weighted by molar-refractivity contribution is 0.100. The van der Waals surface area contributed by atoms with Gasteiger partial charge in [0, 0.05) is 25.6 Å². The van der Waals surface area contributed by atoms with Crippen molar-refractivity contribution in [1.82, 2.24) is 9.29 Å². The molecular formula is C20H25N3O4S2. The molecule has 2 heterocycles. The van der Waals surface area contributed by atoms with Gasteiger partial charge in [-0.25, -0.2) is 13.4 Å². The zero-order valence-electron chi connectivity index (χ0n) is 16.8. The van der Waals surface area contributed by atoms with Crippen LogP contribution in [-0.4, -0.2) is 48.9 Å². The number of ketones is 2. The first kappa shape index (κ1) is 21.6. The molecule has 29 heavy (non-hydrogen) atoms.